The van der Waals surface area contributed by atoms with Gasteiger partial charge in [0.2, 0.25) is 29.5 Å². The molecule has 1 heterocycles. The molecule has 0 aromatic heterocycles. The number of carboxylic acid groups (broad SMARTS) is 1. The first kappa shape index (κ1) is 42.2. The van der Waals surface area contributed by atoms with Gasteiger partial charge in [-0.15, -0.1) is 0 Å². The van der Waals surface area contributed by atoms with Crippen LogP contribution in [0, 0.1) is 17.8 Å². The van der Waals surface area contributed by atoms with Gasteiger partial charge in [-0.1, -0.05) is 66.2 Å². The SMILES string of the molecule is CCCCCC[C@H]1OC(=O)CNC(=O)[C@H](CN)NC(=O)[C@H](CNC(=O)O)NC(=O)[C@H](C2CCCCC2)NC(=O)[C@H](CC(C)C)N(C)C(=O)[C@@H]1C. The molecule has 2 fully saturated rings. The first-order valence-electron chi connectivity index (χ1n) is 18.0. The Labute approximate surface area is 295 Å². The minimum atomic E-state index is -1.49. The summed E-state index contributed by atoms with van der Waals surface area (Å²) in [6.07, 6.45) is 5.74. The number of cyclic esters (lactones) is 1. The standard InChI is InChI=1S/C34H59N7O9/c1-6-7-8-12-15-26-21(4)33(47)41(5)25(16-20(2)3)31(45)40-28(22-13-10-9-11-14-22)32(46)39-24(18-37-34(48)49)30(44)38-23(17-35)29(43)36-19-27(42)50-26/h20-26,28,37H,6-19,35H2,1-5H3,(H,36,43)(H,38,44)(H,39,46)(H,40,45)(H,48,49)/t21-,23+,24+,25+,26-,28+/m1/s1. The van der Waals surface area contributed by atoms with Gasteiger partial charge in [0.05, 0.1) is 12.5 Å². The fourth-order valence-electron chi connectivity index (χ4n) is 6.48. The highest BCUT2D eigenvalue weighted by atomic mass is 16.5. The van der Waals surface area contributed by atoms with Crippen LogP contribution in [0.15, 0.2) is 0 Å². The molecular formula is C34H59N7O9. The highest BCUT2D eigenvalue weighted by Gasteiger charge is 2.39. The van der Waals surface area contributed by atoms with Crippen LogP contribution < -0.4 is 32.3 Å². The number of carbonyl (C=O) groups is 7. The Balaban J connectivity index is 2.58. The van der Waals surface area contributed by atoms with E-state index in [2.05, 4.69) is 33.5 Å². The predicted octanol–water partition coefficient (Wildman–Crippen LogP) is 0.769. The van der Waals surface area contributed by atoms with Crippen molar-refractivity contribution in [3.05, 3.63) is 0 Å². The molecule has 2 aliphatic rings. The average molecular weight is 710 g/mol. The van der Waals surface area contributed by atoms with Crippen molar-refractivity contribution in [1.29, 1.82) is 0 Å². The van der Waals surface area contributed by atoms with E-state index in [1.165, 1.54) is 11.9 Å². The zero-order chi connectivity index (χ0) is 37.4. The van der Waals surface area contributed by atoms with Gasteiger partial charge in [0.15, 0.2) is 0 Å². The summed E-state index contributed by atoms with van der Waals surface area (Å²) in [6.45, 7) is 6.03. The van der Waals surface area contributed by atoms with Crippen LogP contribution in [-0.4, -0.2) is 109 Å². The van der Waals surface area contributed by atoms with Crippen molar-refractivity contribution < 1.29 is 43.4 Å². The Morgan fingerprint density at radius 2 is 1.60 bits per heavy atom. The van der Waals surface area contributed by atoms with E-state index in [1.54, 1.807) is 6.92 Å². The number of amides is 6. The quantitative estimate of drug-likeness (QED) is 0.117. The molecule has 8 N–H and O–H groups in total. The van der Waals surface area contributed by atoms with Gasteiger partial charge in [-0.2, -0.15) is 0 Å². The van der Waals surface area contributed by atoms with E-state index in [0.717, 1.165) is 38.5 Å². The maximum atomic E-state index is 14.1. The largest absolute Gasteiger partial charge is 0.465 e. The Kier molecular flexibility index (Phi) is 18.0. The van der Waals surface area contributed by atoms with Gasteiger partial charge in [0, 0.05) is 13.6 Å². The van der Waals surface area contributed by atoms with Crippen LogP contribution in [0.2, 0.25) is 0 Å². The van der Waals surface area contributed by atoms with Gasteiger partial charge in [-0.05, 0) is 43.9 Å². The molecule has 0 unspecified atom stereocenters. The smallest absolute Gasteiger partial charge is 0.404 e. The minimum Gasteiger partial charge on any atom is -0.465 e. The molecule has 0 aromatic carbocycles. The van der Waals surface area contributed by atoms with Crippen LogP contribution in [0.4, 0.5) is 4.79 Å². The molecule has 16 heteroatoms. The number of likely N-dealkylation sites (N-methyl/N-ethyl adjacent to an activating group) is 1. The fraction of sp³-hybridized carbons (Fsp3) is 0.794. The molecule has 1 aliphatic heterocycles. The van der Waals surface area contributed by atoms with Gasteiger partial charge >= 0.3 is 12.1 Å². The van der Waals surface area contributed by atoms with E-state index >= 15 is 0 Å². The molecule has 6 atom stereocenters. The molecule has 1 saturated heterocycles. The topological polar surface area (TPSA) is 238 Å². The van der Waals surface area contributed by atoms with Crippen molar-refractivity contribution >= 4 is 41.6 Å². The minimum absolute atomic E-state index is 0.0168. The Bertz CT molecular complexity index is 1180. The van der Waals surface area contributed by atoms with Gasteiger partial charge in [-0.25, -0.2) is 4.79 Å². The third-order valence-corrected chi connectivity index (χ3v) is 9.45. The number of hydrogen-bond donors (Lipinski definition) is 7. The summed E-state index contributed by atoms with van der Waals surface area (Å²) in [5.41, 5.74) is 5.77. The number of ether oxygens (including phenoxy) is 1. The second-order valence-electron chi connectivity index (χ2n) is 13.9. The molecule has 0 spiro atoms. The van der Waals surface area contributed by atoms with Crippen molar-refractivity contribution in [2.24, 2.45) is 23.5 Å². The summed E-state index contributed by atoms with van der Waals surface area (Å²) >= 11 is 0. The number of carbonyl (C=O) groups excluding carboxylic acids is 6. The molecule has 50 heavy (non-hydrogen) atoms. The lowest BCUT2D eigenvalue weighted by atomic mass is 9.83. The van der Waals surface area contributed by atoms with Crippen molar-refractivity contribution in [3.8, 4) is 0 Å². The first-order chi connectivity index (χ1) is 23.7. The predicted molar refractivity (Wildman–Crippen MR) is 184 cm³/mol. The summed E-state index contributed by atoms with van der Waals surface area (Å²) < 4.78 is 5.75. The summed E-state index contributed by atoms with van der Waals surface area (Å²) in [7, 11) is 1.52. The van der Waals surface area contributed by atoms with Gasteiger partial charge in [-0.3, -0.25) is 28.8 Å². The second kappa shape index (κ2) is 21.3. The molecule has 1 aliphatic carbocycles. The normalized spacial score (nSPS) is 27.2. The average Bonchev–Trinajstić information content (AvgIpc) is 3.08. The maximum absolute atomic E-state index is 14.1. The lowest BCUT2D eigenvalue weighted by Crippen LogP contribution is -2.62. The molecule has 0 radical (unpaired) electrons. The van der Waals surface area contributed by atoms with Crippen LogP contribution in [0.3, 0.4) is 0 Å². The highest BCUT2D eigenvalue weighted by molar-refractivity contribution is 5.96. The maximum Gasteiger partial charge on any atom is 0.404 e. The Morgan fingerprint density at radius 1 is 0.940 bits per heavy atom. The third-order valence-electron chi connectivity index (χ3n) is 9.45. The number of rotatable bonds is 11. The Hall–Kier alpha value is -3.95. The van der Waals surface area contributed by atoms with Crippen molar-refractivity contribution in [1.82, 2.24) is 31.5 Å². The summed E-state index contributed by atoms with van der Waals surface area (Å²) in [4.78, 5) is 94.1. The first-order valence-corrected chi connectivity index (χ1v) is 18.0. The number of esters is 1. The van der Waals surface area contributed by atoms with Crippen LogP contribution in [-0.2, 0) is 33.5 Å². The second-order valence-corrected chi connectivity index (χ2v) is 13.9. The fourth-order valence-corrected chi connectivity index (χ4v) is 6.48. The van der Waals surface area contributed by atoms with E-state index in [9.17, 15) is 38.7 Å². The van der Waals surface area contributed by atoms with Crippen LogP contribution >= 0.6 is 0 Å². The number of nitrogens with one attached hydrogen (secondary N) is 5. The van der Waals surface area contributed by atoms with Crippen LogP contribution in [0.1, 0.15) is 98.3 Å². The van der Waals surface area contributed by atoms with E-state index in [1.807, 2.05) is 13.8 Å². The summed E-state index contributed by atoms with van der Waals surface area (Å²) in [5.74, 6) is -5.33. The van der Waals surface area contributed by atoms with Gasteiger partial charge in [0.25, 0.3) is 0 Å². The van der Waals surface area contributed by atoms with E-state index < -0.39 is 90.9 Å². The Morgan fingerprint density at radius 3 is 2.20 bits per heavy atom. The van der Waals surface area contributed by atoms with Crippen molar-refractivity contribution in [2.75, 3.05) is 26.7 Å². The van der Waals surface area contributed by atoms with Gasteiger partial charge < -0.3 is 47.1 Å². The number of nitrogens with zero attached hydrogens (tertiary/aromatic N) is 1. The van der Waals surface area contributed by atoms with E-state index in [0.29, 0.717) is 25.7 Å². The third kappa shape index (κ3) is 13.4. The van der Waals surface area contributed by atoms with Gasteiger partial charge in [0.1, 0.15) is 36.8 Å². The zero-order valence-corrected chi connectivity index (χ0v) is 30.3. The molecule has 1 saturated carbocycles. The summed E-state index contributed by atoms with van der Waals surface area (Å²) in [5, 5.41) is 21.6. The molecule has 2 rings (SSSR count). The van der Waals surface area contributed by atoms with E-state index in [-0.39, 0.29) is 24.8 Å². The number of unbranched alkanes of at least 4 members (excludes halogenated alkanes) is 3. The lowest BCUT2D eigenvalue weighted by Gasteiger charge is -2.36. The lowest BCUT2D eigenvalue weighted by molar-refractivity contribution is -0.157. The van der Waals surface area contributed by atoms with Crippen LogP contribution in [0.5, 0.6) is 0 Å². The highest BCUT2D eigenvalue weighted by Crippen LogP contribution is 2.28. The van der Waals surface area contributed by atoms with Crippen molar-refractivity contribution in [3.63, 3.8) is 0 Å². The number of hydrogen-bond acceptors (Lipinski definition) is 9. The molecular weight excluding hydrogens is 650 g/mol. The number of nitrogens with two attached hydrogens (primary N) is 1. The van der Waals surface area contributed by atoms with Crippen LogP contribution in [0.25, 0.3) is 0 Å². The molecule has 16 nitrogen and oxygen atoms in total. The van der Waals surface area contributed by atoms with E-state index in [4.69, 9.17) is 10.5 Å². The molecule has 284 valence electrons. The molecule has 0 bridgehead atoms. The molecule has 0 aromatic rings. The van der Waals surface area contributed by atoms with Crippen molar-refractivity contribution in [2.45, 2.75) is 129 Å². The zero-order valence-electron chi connectivity index (χ0n) is 30.3. The summed E-state index contributed by atoms with van der Waals surface area (Å²) in [6, 6.07) is -4.90. The monoisotopic (exact) mass is 709 g/mol. The molecule has 6 amide bonds.